The highest BCUT2D eigenvalue weighted by Gasteiger charge is 2.34. The van der Waals surface area contributed by atoms with Gasteiger partial charge in [-0.15, -0.1) is 0 Å². The molecule has 0 bridgehead atoms. The number of carbonyl (C=O) groups excluding carboxylic acids is 1. The lowest BCUT2D eigenvalue weighted by Crippen LogP contribution is -2.36. The number of aromatic nitrogens is 1. The van der Waals surface area contributed by atoms with Gasteiger partial charge in [0.1, 0.15) is 11.7 Å². The number of benzene rings is 1. The van der Waals surface area contributed by atoms with Crippen LogP contribution in [-0.4, -0.2) is 22.2 Å². The number of aromatic hydroxyl groups is 1. The molecule has 5 heteroatoms. The normalized spacial score (nSPS) is 23.8. The molecule has 134 valence electrons. The second-order valence-electron chi connectivity index (χ2n) is 7.49. The summed E-state index contributed by atoms with van der Waals surface area (Å²) in [5.41, 5.74) is -0.382. The highest BCUT2D eigenvalue weighted by Crippen LogP contribution is 2.36. The molecule has 25 heavy (non-hydrogen) atoms. The van der Waals surface area contributed by atoms with Crippen molar-refractivity contribution in [1.82, 2.24) is 4.98 Å². The Morgan fingerprint density at radius 2 is 1.92 bits per heavy atom. The van der Waals surface area contributed by atoms with Crippen LogP contribution in [0.25, 0.3) is 10.8 Å². The molecule has 1 aliphatic carbocycles. The molecule has 1 saturated carbocycles. The maximum Gasteiger partial charge on any atom is 0.344 e. The van der Waals surface area contributed by atoms with Gasteiger partial charge in [0, 0.05) is 10.8 Å². The van der Waals surface area contributed by atoms with Gasteiger partial charge in [0.15, 0.2) is 0 Å². The molecule has 2 aromatic rings. The number of ether oxygens (including phenoxy) is 1. The fraction of sp³-hybridized carbons (Fsp3) is 0.500. The van der Waals surface area contributed by atoms with Crippen molar-refractivity contribution in [1.29, 1.82) is 0 Å². The average molecular weight is 343 g/mol. The van der Waals surface area contributed by atoms with E-state index in [1.54, 1.807) is 24.3 Å². The standard InChI is InChI=1S/C20H25NO4/c1-11(2)13-9-8-12(3)10-16(13)25-20(24)17-14-6-4-5-7-15(14)18(22)21-19(17)23/h4-7,11-13,16H,8-10H2,1-3H3,(H2,21,22,23). The Hall–Kier alpha value is -2.30. The fourth-order valence-electron chi connectivity index (χ4n) is 3.92. The van der Waals surface area contributed by atoms with E-state index in [9.17, 15) is 14.7 Å². The number of pyridine rings is 1. The van der Waals surface area contributed by atoms with Gasteiger partial charge in [-0.05, 0) is 36.7 Å². The molecule has 5 nitrogen and oxygen atoms in total. The summed E-state index contributed by atoms with van der Waals surface area (Å²) in [5, 5.41) is 10.9. The van der Waals surface area contributed by atoms with Crippen LogP contribution in [0.5, 0.6) is 5.88 Å². The second kappa shape index (κ2) is 6.90. The van der Waals surface area contributed by atoms with E-state index in [2.05, 4.69) is 25.8 Å². The van der Waals surface area contributed by atoms with Crippen molar-refractivity contribution >= 4 is 16.7 Å². The van der Waals surface area contributed by atoms with Crippen LogP contribution in [-0.2, 0) is 4.74 Å². The van der Waals surface area contributed by atoms with E-state index in [1.165, 1.54) is 0 Å². The Morgan fingerprint density at radius 3 is 2.60 bits per heavy atom. The first-order valence-electron chi connectivity index (χ1n) is 8.93. The SMILES string of the molecule is CC1CCC(C(C)C)C(OC(=O)c2c(O)[nH]c(=O)c3ccccc23)C1. The molecular formula is C20H25NO4. The van der Waals surface area contributed by atoms with E-state index in [0.717, 1.165) is 19.3 Å². The summed E-state index contributed by atoms with van der Waals surface area (Å²) in [6.45, 7) is 6.47. The minimum Gasteiger partial charge on any atom is -0.494 e. The van der Waals surface area contributed by atoms with E-state index in [0.29, 0.717) is 28.5 Å². The van der Waals surface area contributed by atoms with E-state index in [4.69, 9.17) is 4.74 Å². The molecule has 1 aromatic carbocycles. The number of esters is 1. The second-order valence-corrected chi connectivity index (χ2v) is 7.49. The molecular weight excluding hydrogens is 318 g/mol. The van der Waals surface area contributed by atoms with Crippen LogP contribution in [0.1, 0.15) is 50.4 Å². The summed E-state index contributed by atoms with van der Waals surface area (Å²) in [5.74, 6) is 0.240. The zero-order valence-corrected chi connectivity index (χ0v) is 14.9. The average Bonchev–Trinajstić information content (AvgIpc) is 2.54. The molecule has 2 N–H and O–H groups in total. The summed E-state index contributed by atoms with van der Waals surface area (Å²) in [4.78, 5) is 27.2. The number of hydrogen-bond donors (Lipinski definition) is 2. The van der Waals surface area contributed by atoms with Gasteiger partial charge >= 0.3 is 5.97 Å². The highest BCUT2D eigenvalue weighted by atomic mass is 16.5. The lowest BCUT2D eigenvalue weighted by atomic mass is 9.75. The zero-order valence-electron chi connectivity index (χ0n) is 14.9. The van der Waals surface area contributed by atoms with Crippen LogP contribution in [0.15, 0.2) is 29.1 Å². The summed E-state index contributed by atoms with van der Waals surface area (Å²) in [6, 6.07) is 6.74. The predicted octanol–water partition coefficient (Wildman–Crippen LogP) is 3.85. The van der Waals surface area contributed by atoms with E-state index in [-0.39, 0.29) is 11.7 Å². The van der Waals surface area contributed by atoms with Gasteiger partial charge in [-0.25, -0.2) is 4.79 Å². The molecule has 3 rings (SSSR count). The lowest BCUT2D eigenvalue weighted by Gasteiger charge is -2.36. The smallest absolute Gasteiger partial charge is 0.344 e. The van der Waals surface area contributed by atoms with Crippen LogP contribution in [0.2, 0.25) is 0 Å². The number of carbonyl (C=O) groups is 1. The highest BCUT2D eigenvalue weighted by molar-refractivity contribution is 6.06. The first-order valence-corrected chi connectivity index (χ1v) is 8.93. The largest absolute Gasteiger partial charge is 0.494 e. The monoisotopic (exact) mass is 343 g/mol. The maximum atomic E-state index is 12.8. The summed E-state index contributed by atoms with van der Waals surface area (Å²) < 4.78 is 5.83. The Bertz CT molecular complexity index is 839. The third-order valence-electron chi connectivity index (χ3n) is 5.33. The van der Waals surface area contributed by atoms with E-state index < -0.39 is 17.4 Å². The lowest BCUT2D eigenvalue weighted by molar-refractivity contribution is -0.0174. The zero-order chi connectivity index (χ0) is 18.1. The van der Waals surface area contributed by atoms with Gasteiger partial charge in [0.2, 0.25) is 5.88 Å². The third-order valence-corrected chi connectivity index (χ3v) is 5.33. The molecule has 3 atom stereocenters. The number of aromatic amines is 1. The maximum absolute atomic E-state index is 12.8. The van der Waals surface area contributed by atoms with Crippen molar-refractivity contribution in [2.75, 3.05) is 0 Å². The first kappa shape index (κ1) is 17.5. The minimum absolute atomic E-state index is 0.0379. The molecule has 1 heterocycles. The van der Waals surface area contributed by atoms with Crippen molar-refractivity contribution in [3.63, 3.8) is 0 Å². The Balaban J connectivity index is 1.96. The number of rotatable bonds is 3. The van der Waals surface area contributed by atoms with Crippen molar-refractivity contribution in [3.05, 3.63) is 40.2 Å². The number of H-pyrrole nitrogens is 1. The summed E-state index contributed by atoms with van der Waals surface area (Å²) in [6.07, 6.45) is 2.84. The Kier molecular flexibility index (Phi) is 4.84. The van der Waals surface area contributed by atoms with Gasteiger partial charge in [-0.2, -0.15) is 0 Å². The molecule has 1 aliphatic rings. The quantitative estimate of drug-likeness (QED) is 0.830. The minimum atomic E-state index is -0.574. The van der Waals surface area contributed by atoms with Crippen LogP contribution >= 0.6 is 0 Å². The molecule has 0 aliphatic heterocycles. The number of hydrogen-bond acceptors (Lipinski definition) is 4. The van der Waals surface area contributed by atoms with Crippen molar-refractivity contribution < 1.29 is 14.6 Å². The van der Waals surface area contributed by atoms with Gasteiger partial charge in [0.25, 0.3) is 5.56 Å². The summed E-state index contributed by atoms with van der Waals surface area (Å²) in [7, 11) is 0. The Labute approximate surface area is 147 Å². The van der Waals surface area contributed by atoms with Crippen molar-refractivity contribution in [2.24, 2.45) is 17.8 Å². The van der Waals surface area contributed by atoms with Gasteiger partial charge < -0.3 is 9.84 Å². The summed E-state index contributed by atoms with van der Waals surface area (Å²) >= 11 is 0. The van der Waals surface area contributed by atoms with E-state index in [1.807, 2.05) is 0 Å². The van der Waals surface area contributed by atoms with Gasteiger partial charge in [0.05, 0.1) is 0 Å². The fourth-order valence-corrected chi connectivity index (χ4v) is 3.92. The molecule has 0 amide bonds. The van der Waals surface area contributed by atoms with Crippen LogP contribution in [0.3, 0.4) is 0 Å². The molecule has 0 spiro atoms. The van der Waals surface area contributed by atoms with E-state index >= 15 is 0 Å². The van der Waals surface area contributed by atoms with Crippen LogP contribution in [0, 0.1) is 17.8 Å². The van der Waals surface area contributed by atoms with Crippen LogP contribution < -0.4 is 5.56 Å². The first-order chi connectivity index (χ1) is 11.9. The molecule has 1 fully saturated rings. The van der Waals surface area contributed by atoms with Gasteiger partial charge in [-0.3, -0.25) is 9.78 Å². The van der Waals surface area contributed by atoms with Crippen LogP contribution in [0.4, 0.5) is 0 Å². The number of fused-ring (bicyclic) bond motifs is 1. The molecule has 3 unspecified atom stereocenters. The van der Waals surface area contributed by atoms with Gasteiger partial charge in [-0.1, -0.05) is 45.4 Å². The Morgan fingerprint density at radius 1 is 1.24 bits per heavy atom. The van der Waals surface area contributed by atoms with Crippen molar-refractivity contribution in [3.8, 4) is 5.88 Å². The predicted molar refractivity (Wildman–Crippen MR) is 96.8 cm³/mol. The molecule has 1 aromatic heterocycles. The van der Waals surface area contributed by atoms with Crippen molar-refractivity contribution in [2.45, 2.75) is 46.1 Å². The topological polar surface area (TPSA) is 79.4 Å². The molecule has 0 saturated heterocycles. The third kappa shape index (κ3) is 3.41. The molecule has 0 radical (unpaired) electrons. The number of nitrogens with one attached hydrogen (secondary N) is 1.